The molecule has 0 aromatic carbocycles. The van der Waals surface area contributed by atoms with Crippen molar-refractivity contribution in [3.63, 3.8) is 0 Å². The lowest BCUT2D eigenvalue weighted by atomic mass is 10.4. The van der Waals surface area contributed by atoms with Gasteiger partial charge in [-0.15, -0.1) is 0 Å². The van der Waals surface area contributed by atoms with Crippen LogP contribution in [0.25, 0.3) is 0 Å². The molecule has 0 saturated carbocycles. The number of aromatic nitrogens is 2. The van der Waals surface area contributed by atoms with E-state index in [1.807, 2.05) is 18.5 Å². The maximum absolute atomic E-state index is 4.19. The molecule has 0 unspecified atom stereocenters. The number of nitrogens with one attached hydrogen (secondary N) is 1. The molecule has 0 amide bonds. The van der Waals surface area contributed by atoms with Crippen LogP contribution in [-0.4, -0.2) is 29.5 Å². The van der Waals surface area contributed by atoms with Crippen molar-refractivity contribution in [2.24, 2.45) is 9.98 Å². The number of hydrogen-bond donors (Lipinski definition) is 1. The van der Waals surface area contributed by atoms with Crippen LogP contribution in [0.4, 0.5) is 5.69 Å². The summed E-state index contributed by atoms with van der Waals surface area (Å²) < 4.78 is 1.90. The molecule has 0 aliphatic heterocycles. The topological polar surface area (TPSA) is 54.6 Å². The summed E-state index contributed by atoms with van der Waals surface area (Å²) in [6, 6.07) is 0. The lowest BCUT2D eigenvalue weighted by Crippen LogP contribution is -2.09. The molecule has 0 saturated heterocycles. The van der Waals surface area contributed by atoms with Gasteiger partial charge in [0.05, 0.1) is 17.6 Å². The van der Waals surface area contributed by atoms with Crippen LogP contribution in [0.5, 0.6) is 0 Å². The summed E-state index contributed by atoms with van der Waals surface area (Å²) in [5.41, 5.74) is 1.98. The number of guanidine groups is 1. The van der Waals surface area contributed by atoms with Crippen LogP contribution in [-0.2, 0) is 6.54 Å². The Morgan fingerprint density at radius 2 is 2.43 bits per heavy atom. The molecule has 1 rings (SSSR count). The monoisotopic (exact) mass is 193 g/mol. The molecule has 1 aromatic rings. The Balaban J connectivity index is 2.87. The van der Waals surface area contributed by atoms with Crippen LogP contribution < -0.4 is 5.32 Å². The fourth-order valence-electron chi connectivity index (χ4n) is 1.17. The normalized spacial score (nSPS) is 11.5. The molecule has 0 spiro atoms. The minimum Gasteiger partial charge on any atom is -0.322 e. The van der Waals surface area contributed by atoms with Gasteiger partial charge in [-0.2, -0.15) is 5.10 Å². The van der Waals surface area contributed by atoms with E-state index in [4.69, 9.17) is 0 Å². The third kappa shape index (κ3) is 1.99. The van der Waals surface area contributed by atoms with E-state index in [9.17, 15) is 0 Å². The Kier molecular flexibility index (Phi) is 3.39. The number of hydrogen-bond acceptors (Lipinski definition) is 2. The Morgan fingerprint density at radius 1 is 1.71 bits per heavy atom. The van der Waals surface area contributed by atoms with E-state index in [2.05, 4.69) is 27.1 Å². The molecule has 0 aliphatic rings. The first kappa shape index (κ1) is 10.4. The third-order valence-corrected chi connectivity index (χ3v) is 2.01. The van der Waals surface area contributed by atoms with Crippen molar-refractivity contribution < 1.29 is 0 Å². The minimum atomic E-state index is 0.503. The van der Waals surface area contributed by atoms with E-state index in [1.54, 1.807) is 13.2 Å². The fourth-order valence-corrected chi connectivity index (χ4v) is 1.17. The quantitative estimate of drug-likeness (QED) is 0.568. The second-order valence-electron chi connectivity index (χ2n) is 2.79. The average Bonchev–Trinajstić information content (AvgIpc) is 2.56. The van der Waals surface area contributed by atoms with Gasteiger partial charge in [0, 0.05) is 13.6 Å². The smallest absolute Gasteiger partial charge is 0.221 e. The summed E-state index contributed by atoms with van der Waals surface area (Å²) in [4.78, 5) is 7.65. The lowest BCUT2D eigenvalue weighted by Gasteiger charge is -2.04. The van der Waals surface area contributed by atoms with Crippen molar-refractivity contribution in [2.75, 3.05) is 12.4 Å². The standard InChI is InChI=1S/C9H15N5/c1-5-14-7(2)8(6-12-14)13-9(10-3)11-4/h6H,3,5H2,1-2,4H3,(H,11,13). The second kappa shape index (κ2) is 4.55. The fraction of sp³-hybridized carbons (Fsp3) is 0.444. The van der Waals surface area contributed by atoms with Gasteiger partial charge in [-0.3, -0.25) is 9.67 Å². The van der Waals surface area contributed by atoms with Crippen LogP contribution in [0.15, 0.2) is 16.2 Å². The summed E-state index contributed by atoms with van der Waals surface area (Å²) in [6.45, 7) is 8.31. The highest BCUT2D eigenvalue weighted by molar-refractivity contribution is 5.96. The molecule has 0 aliphatic carbocycles. The molecule has 1 heterocycles. The molecule has 1 N–H and O–H groups in total. The van der Waals surface area contributed by atoms with E-state index >= 15 is 0 Å². The van der Waals surface area contributed by atoms with E-state index in [-0.39, 0.29) is 0 Å². The Labute approximate surface area is 83.6 Å². The molecule has 0 fully saturated rings. The Morgan fingerprint density at radius 3 is 2.86 bits per heavy atom. The zero-order chi connectivity index (χ0) is 10.6. The molecular formula is C9H15N5. The number of rotatable bonds is 2. The first-order chi connectivity index (χ1) is 6.72. The Hall–Kier alpha value is -1.65. The van der Waals surface area contributed by atoms with Crippen LogP contribution in [0.1, 0.15) is 12.6 Å². The Bertz CT molecular complexity index is 350. The highest BCUT2D eigenvalue weighted by Crippen LogP contribution is 2.13. The molecule has 14 heavy (non-hydrogen) atoms. The zero-order valence-electron chi connectivity index (χ0n) is 8.78. The van der Waals surface area contributed by atoms with E-state index in [0.717, 1.165) is 17.9 Å². The van der Waals surface area contributed by atoms with Crippen LogP contribution in [0.2, 0.25) is 0 Å². The molecule has 0 radical (unpaired) electrons. The average molecular weight is 193 g/mol. The third-order valence-electron chi connectivity index (χ3n) is 2.01. The predicted octanol–water partition coefficient (Wildman–Crippen LogP) is 1.31. The lowest BCUT2D eigenvalue weighted by molar-refractivity contribution is 0.640. The summed E-state index contributed by atoms with van der Waals surface area (Å²) in [6.07, 6.45) is 1.76. The van der Waals surface area contributed by atoms with E-state index in [0.29, 0.717) is 5.96 Å². The van der Waals surface area contributed by atoms with Gasteiger partial charge in [-0.25, -0.2) is 4.99 Å². The highest BCUT2D eigenvalue weighted by Gasteiger charge is 2.05. The molecule has 0 bridgehead atoms. The van der Waals surface area contributed by atoms with Gasteiger partial charge in [-0.05, 0) is 20.6 Å². The molecule has 76 valence electrons. The van der Waals surface area contributed by atoms with Crippen molar-refractivity contribution in [3.8, 4) is 0 Å². The maximum atomic E-state index is 4.19. The zero-order valence-corrected chi connectivity index (χ0v) is 8.78. The SMILES string of the molecule is C=NC(=NC)Nc1cnn(CC)c1C. The first-order valence-corrected chi connectivity index (χ1v) is 4.45. The molecule has 5 nitrogen and oxygen atoms in total. The van der Waals surface area contributed by atoms with E-state index < -0.39 is 0 Å². The van der Waals surface area contributed by atoms with Gasteiger partial charge in [0.25, 0.3) is 0 Å². The second-order valence-corrected chi connectivity index (χ2v) is 2.79. The molecular weight excluding hydrogens is 178 g/mol. The first-order valence-electron chi connectivity index (χ1n) is 4.45. The predicted molar refractivity (Wildman–Crippen MR) is 59.2 cm³/mol. The van der Waals surface area contributed by atoms with Crippen molar-refractivity contribution in [1.29, 1.82) is 0 Å². The molecule has 5 heteroatoms. The van der Waals surface area contributed by atoms with Gasteiger partial charge >= 0.3 is 0 Å². The summed E-state index contributed by atoms with van der Waals surface area (Å²) in [5, 5.41) is 7.23. The largest absolute Gasteiger partial charge is 0.322 e. The maximum Gasteiger partial charge on any atom is 0.221 e. The number of anilines is 1. The summed E-state index contributed by atoms with van der Waals surface area (Å²) >= 11 is 0. The van der Waals surface area contributed by atoms with Gasteiger partial charge in [-0.1, -0.05) is 0 Å². The number of aliphatic imine (C=N–C) groups is 2. The molecule has 1 aromatic heterocycles. The van der Waals surface area contributed by atoms with Crippen molar-refractivity contribution in [2.45, 2.75) is 20.4 Å². The van der Waals surface area contributed by atoms with Gasteiger partial charge in [0.2, 0.25) is 5.96 Å². The van der Waals surface area contributed by atoms with Crippen LogP contribution in [0.3, 0.4) is 0 Å². The molecule has 0 atom stereocenters. The summed E-state index contributed by atoms with van der Waals surface area (Å²) in [7, 11) is 1.66. The van der Waals surface area contributed by atoms with Crippen molar-refractivity contribution in [1.82, 2.24) is 9.78 Å². The van der Waals surface area contributed by atoms with Crippen LogP contribution in [0, 0.1) is 6.92 Å². The van der Waals surface area contributed by atoms with Crippen LogP contribution >= 0.6 is 0 Å². The van der Waals surface area contributed by atoms with Crippen molar-refractivity contribution >= 4 is 18.4 Å². The number of aryl methyl sites for hydroxylation is 1. The van der Waals surface area contributed by atoms with Gasteiger partial charge in [0.1, 0.15) is 0 Å². The van der Waals surface area contributed by atoms with Gasteiger partial charge < -0.3 is 5.32 Å². The summed E-state index contributed by atoms with van der Waals surface area (Å²) in [5.74, 6) is 0.503. The van der Waals surface area contributed by atoms with Crippen molar-refractivity contribution in [3.05, 3.63) is 11.9 Å². The minimum absolute atomic E-state index is 0.503. The number of nitrogens with zero attached hydrogens (tertiary/aromatic N) is 4. The van der Waals surface area contributed by atoms with E-state index in [1.165, 1.54) is 0 Å². The van der Waals surface area contributed by atoms with Gasteiger partial charge in [0.15, 0.2) is 0 Å². The highest BCUT2D eigenvalue weighted by atomic mass is 15.3.